The predicted molar refractivity (Wildman–Crippen MR) is 144 cm³/mol. The van der Waals surface area contributed by atoms with Gasteiger partial charge in [-0.05, 0) is 56.3 Å². The Bertz CT molecular complexity index is 1610. The topological polar surface area (TPSA) is 77.4 Å². The van der Waals surface area contributed by atoms with Gasteiger partial charge in [-0.2, -0.15) is 13.9 Å². The molecule has 4 aromatic rings. The van der Waals surface area contributed by atoms with Crippen molar-refractivity contribution in [3.05, 3.63) is 87.5 Å². The van der Waals surface area contributed by atoms with E-state index in [2.05, 4.69) is 20.7 Å². The van der Waals surface area contributed by atoms with Crippen molar-refractivity contribution in [3.8, 4) is 28.4 Å². The Hall–Kier alpha value is -3.67. The lowest BCUT2D eigenvalue weighted by atomic mass is 9.88. The van der Waals surface area contributed by atoms with E-state index in [0.717, 1.165) is 12.1 Å². The number of alkyl halides is 2. The quantitative estimate of drug-likeness (QED) is 0.173. The van der Waals surface area contributed by atoms with Crippen LogP contribution >= 0.6 is 35.6 Å². The van der Waals surface area contributed by atoms with Crippen molar-refractivity contribution in [2.75, 3.05) is 5.43 Å². The number of hydrazine groups is 1. The third-order valence-electron chi connectivity index (χ3n) is 5.88. The molecule has 0 radical (unpaired) electrons. The largest absolute Gasteiger partial charge is 0.482 e. The van der Waals surface area contributed by atoms with E-state index in [4.69, 9.17) is 27.9 Å². The Morgan fingerprint density at radius 2 is 1.82 bits per heavy atom. The first-order valence-electron chi connectivity index (χ1n) is 11.3. The molecule has 0 unspecified atom stereocenters. The molecule has 0 atom stereocenters. The van der Waals surface area contributed by atoms with E-state index in [1.165, 1.54) is 28.9 Å². The number of amides is 1. The summed E-state index contributed by atoms with van der Waals surface area (Å²) in [6.07, 6.45) is 0. The van der Waals surface area contributed by atoms with E-state index in [1.54, 1.807) is 26.0 Å². The number of aromatic nitrogens is 2. The smallest absolute Gasteiger partial charge is 0.387 e. The van der Waals surface area contributed by atoms with Crippen LogP contribution in [0.15, 0.2) is 54.6 Å². The molecular formula is C26H19Cl3F4N4O3. The first kappa shape index (κ1) is 29.3. The summed E-state index contributed by atoms with van der Waals surface area (Å²) in [4.78, 5) is 13.4. The van der Waals surface area contributed by atoms with Crippen molar-refractivity contribution in [2.45, 2.75) is 26.1 Å². The van der Waals surface area contributed by atoms with Crippen LogP contribution in [-0.2, 0) is 5.60 Å². The van der Waals surface area contributed by atoms with Gasteiger partial charge in [-0.15, -0.1) is 12.4 Å². The number of nitrogens with one attached hydrogen (secondary N) is 2. The summed E-state index contributed by atoms with van der Waals surface area (Å²) < 4.78 is 65.1. The SMILES string of the molecule is CC1(C)Oc2cc(OC(F)F)ccc2-c2c1c(C(=O)NNc1ccc(F)cc1F)nn2-c1ccc(Cl)cc1Cl.Cl. The molecule has 2 heterocycles. The first-order valence-corrected chi connectivity index (χ1v) is 12.1. The molecule has 3 aromatic carbocycles. The van der Waals surface area contributed by atoms with E-state index in [0.29, 0.717) is 33.6 Å². The number of benzene rings is 3. The van der Waals surface area contributed by atoms with Crippen LogP contribution in [0, 0.1) is 11.6 Å². The van der Waals surface area contributed by atoms with Crippen molar-refractivity contribution in [1.82, 2.24) is 15.2 Å². The molecule has 2 N–H and O–H groups in total. The number of rotatable bonds is 6. The van der Waals surface area contributed by atoms with Crippen LogP contribution in [0.4, 0.5) is 23.2 Å². The monoisotopic (exact) mass is 616 g/mol. The van der Waals surface area contributed by atoms with Crippen LogP contribution in [0.5, 0.6) is 11.5 Å². The van der Waals surface area contributed by atoms with Crippen LogP contribution in [-0.4, -0.2) is 22.3 Å². The number of carbonyl (C=O) groups is 1. The van der Waals surface area contributed by atoms with Gasteiger partial charge in [0.2, 0.25) is 0 Å². The van der Waals surface area contributed by atoms with E-state index in [9.17, 15) is 22.4 Å². The van der Waals surface area contributed by atoms with E-state index >= 15 is 0 Å². The summed E-state index contributed by atoms with van der Waals surface area (Å²) in [6, 6.07) is 11.6. The van der Waals surface area contributed by atoms with Gasteiger partial charge in [-0.3, -0.25) is 15.6 Å². The molecule has 0 aliphatic carbocycles. The number of anilines is 1. The first-order chi connectivity index (χ1) is 18.4. The maximum absolute atomic E-state index is 14.1. The van der Waals surface area contributed by atoms with Crippen LogP contribution in [0.25, 0.3) is 16.9 Å². The Labute approximate surface area is 241 Å². The normalized spacial score (nSPS) is 13.0. The second kappa shape index (κ2) is 11.1. The maximum Gasteiger partial charge on any atom is 0.387 e. The fourth-order valence-corrected chi connectivity index (χ4v) is 4.77. The van der Waals surface area contributed by atoms with E-state index in [1.807, 2.05) is 0 Å². The van der Waals surface area contributed by atoms with E-state index in [-0.39, 0.29) is 40.3 Å². The molecule has 0 spiro atoms. The fraction of sp³-hybridized carbons (Fsp3) is 0.154. The highest BCUT2D eigenvalue weighted by Crippen LogP contribution is 2.49. The number of ether oxygens (including phenoxy) is 2. The zero-order valence-corrected chi connectivity index (χ0v) is 22.9. The van der Waals surface area contributed by atoms with Gasteiger partial charge in [-0.1, -0.05) is 23.2 Å². The van der Waals surface area contributed by atoms with Gasteiger partial charge in [0.25, 0.3) is 5.91 Å². The second-order valence-electron chi connectivity index (χ2n) is 8.93. The standard InChI is InChI=1S/C26H18Cl2F4N4O3.ClH/c1-26(2)21-22(24(37)34-33-18-7-4-13(29)10-17(18)30)35-36(19-8-3-12(27)9-16(19)28)23(21)15-6-5-14(38-25(31)32)11-20(15)39-26;/h3-11,25,33H,1-2H3,(H,34,37);1H. The number of hydrogen-bond donors (Lipinski definition) is 2. The average Bonchev–Trinajstić information content (AvgIpc) is 3.24. The number of nitrogens with zero attached hydrogens (tertiary/aromatic N) is 2. The summed E-state index contributed by atoms with van der Waals surface area (Å²) in [5.41, 5.74) is 4.82. The molecule has 0 saturated heterocycles. The van der Waals surface area contributed by atoms with Crippen molar-refractivity contribution >= 4 is 47.2 Å². The van der Waals surface area contributed by atoms with Crippen molar-refractivity contribution in [3.63, 3.8) is 0 Å². The molecule has 0 fully saturated rings. The Balaban J connectivity index is 0.00000370. The summed E-state index contributed by atoms with van der Waals surface area (Å²) in [5, 5.41) is 5.10. The van der Waals surface area contributed by atoms with Gasteiger partial charge < -0.3 is 9.47 Å². The van der Waals surface area contributed by atoms with E-state index < -0.39 is 29.8 Å². The number of halogens is 7. The molecule has 0 bridgehead atoms. The Morgan fingerprint density at radius 1 is 1.07 bits per heavy atom. The number of fused-ring (bicyclic) bond motifs is 3. The van der Waals surface area contributed by atoms with Gasteiger partial charge in [-0.25, -0.2) is 13.5 Å². The fourth-order valence-electron chi connectivity index (χ4n) is 4.28. The van der Waals surface area contributed by atoms with Crippen LogP contribution < -0.4 is 20.3 Å². The van der Waals surface area contributed by atoms with Crippen LogP contribution in [0.3, 0.4) is 0 Å². The zero-order valence-electron chi connectivity index (χ0n) is 20.6. The number of carbonyl (C=O) groups excluding carboxylic acids is 1. The van der Waals surface area contributed by atoms with Gasteiger partial charge in [0.1, 0.15) is 22.9 Å². The van der Waals surface area contributed by atoms with Gasteiger partial charge in [0, 0.05) is 22.7 Å². The molecular weight excluding hydrogens is 599 g/mol. The molecule has 1 aliphatic heterocycles. The van der Waals surface area contributed by atoms with Crippen LogP contribution in [0.1, 0.15) is 29.9 Å². The van der Waals surface area contributed by atoms with Crippen molar-refractivity contribution in [1.29, 1.82) is 0 Å². The minimum atomic E-state index is -3.04. The summed E-state index contributed by atoms with van der Waals surface area (Å²) in [5.74, 6) is -2.39. The molecule has 40 heavy (non-hydrogen) atoms. The zero-order chi connectivity index (χ0) is 28.1. The Morgan fingerprint density at radius 3 is 2.50 bits per heavy atom. The molecule has 0 saturated carbocycles. The molecule has 1 aliphatic rings. The average molecular weight is 618 g/mol. The third kappa shape index (κ3) is 5.49. The summed E-state index contributed by atoms with van der Waals surface area (Å²) in [6.45, 7) is 0.283. The molecule has 5 rings (SSSR count). The molecule has 1 aromatic heterocycles. The molecule has 7 nitrogen and oxygen atoms in total. The van der Waals surface area contributed by atoms with Crippen molar-refractivity contribution < 1.29 is 31.8 Å². The predicted octanol–water partition coefficient (Wildman–Crippen LogP) is 7.53. The maximum atomic E-state index is 14.1. The third-order valence-corrected chi connectivity index (χ3v) is 6.42. The summed E-state index contributed by atoms with van der Waals surface area (Å²) >= 11 is 12.6. The van der Waals surface area contributed by atoms with Crippen molar-refractivity contribution in [2.24, 2.45) is 0 Å². The molecule has 1 amide bonds. The Kier molecular flexibility index (Phi) is 8.11. The second-order valence-corrected chi connectivity index (χ2v) is 9.78. The lowest BCUT2D eigenvalue weighted by Gasteiger charge is -2.33. The number of hydrogen-bond acceptors (Lipinski definition) is 5. The minimum Gasteiger partial charge on any atom is -0.482 e. The highest BCUT2D eigenvalue weighted by Gasteiger charge is 2.41. The molecule has 210 valence electrons. The lowest BCUT2D eigenvalue weighted by Crippen LogP contribution is -2.35. The van der Waals surface area contributed by atoms with Crippen LogP contribution in [0.2, 0.25) is 10.0 Å². The highest BCUT2D eigenvalue weighted by atomic mass is 35.5. The van der Waals surface area contributed by atoms with Gasteiger partial charge >= 0.3 is 6.61 Å². The highest BCUT2D eigenvalue weighted by molar-refractivity contribution is 6.35. The summed E-state index contributed by atoms with van der Waals surface area (Å²) in [7, 11) is 0. The molecule has 14 heteroatoms. The lowest BCUT2D eigenvalue weighted by molar-refractivity contribution is -0.0500. The minimum absolute atomic E-state index is 0. The van der Waals surface area contributed by atoms with Gasteiger partial charge in [0.05, 0.1) is 27.7 Å². The van der Waals surface area contributed by atoms with Gasteiger partial charge in [0.15, 0.2) is 11.5 Å².